The van der Waals surface area contributed by atoms with Gasteiger partial charge in [0.1, 0.15) is 18.0 Å². The molecular weight excluding hydrogens is 466 g/mol. The summed E-state index contributed by atoms with van der Waals surface area (Å²) in [4.78, 5) is 40.2. The number of carbonyl (C=O) groups is 1. The molecule has 2 heterocycles. The number of aromatic nitrogens is 2. The van der Waals surface area contributed by atoms with Crippen molar-refractivity contribution in [2.45, 2.75) is 13.1 Å². The van der Waals surface area contributed by atoms with Gasteiger partial charge in [0.05, 0.1) is 37.4 Å². The Balaban J connectivity index is 1.77. The van der Waals surface area contributed by atoms with Crippen LogP contribution in [-0.2, 0) is 17.9 Å². The molecule has 0 aliphatic rings. The normalized spacial score (nSPS) is 10.9. The van der Waals surface area contributed by atoms with Gasteiger partial charge in [0.15, 0.2) is 0 Å². The SMILES string of the molecule is COc1ccc(OC)c(NC(=O)Cn2c(=O)n(Cc3cccs3)c(=O)c3ccc(Cl)cc32)c1. The molecule has 2 aromatic carbocycles. The number of hydrogen-bond donors (Lipinski definition) is 1. The fourth-order valence-corrected chi connectivity index (χ4v) is 4.34. The largest absolute Gasteiger partial charge is 0.497 e. The summed E-state index contributed by atoms with van der Waals surface area (Å²) in [5.41, 5.74) is -0.362. The average molecular weight is 486 g/mol. The number of anilines is 1. The number of amides is 1. The highest BCUT2D eigenvalue weighted by atomic mass is 35.5. The first-order valence-electron chi connectivity index (χ1n) is 9.88. The van der Waals surface area contributed by atoms with Crippen LogP contribution in [0.15, 0.2) is 63.5 Å². The third-order valence-corrected chi connectivity index (χ3v) is 6.16. The van der Waals surface area contributed by atoms with Crippen molar-refractivity contribution < 1.29 is 14.3 Å². The average Bonchev–Trinajstić information content (AvgIpc) is 3.32. The first kappa shape index (κ1) is 22.6. The van der Waals surface area contributed by atoms with Gasteiger partial charge in [-0.1, -0.05) is 17.7 Å². The zero-order valence-corrected chi connectivity index (χ0v) is 19.4. The Hall–Kier alpha value is -3.56. The zero-order valence-electron chi connectivity index (χ0n) is 17.8. The predicted octanol–water partition coefficient (Wildman–Crippen LogP) is 3.58. The Kier molecular flexibility index (Phi) is 6.52. The number of nitrogens with one attached hydrogen (secondary N) is 1. The van der Waals surface area contributed by atoms with Crippen molar-refractivity contribution in [3.63, 3.8) is 0 Å². The molecule has 0 bridgehead atoms. The molecule has 33 heavy (non-hydrogen) atoms. The van der Waals surface area contributed by atoms with Crippen molar-refractivity contribution in [2.75, 3.05) is 19.5 Å². The molecule has 0 aliphatic heterocycles. The first-order valence-corrected chi connectivity index (χ1v) is 11.1. The van der Waals surface area contributed by atoms with Crippen LogP contribution in [0.1, 0.15) is 4.88 Å². The summed E-state index contributed by atoms with van der Waals surface area (Å²) in [6.45, 7) is -0.222. The molecule has 1 amide bonds. The second-order valence-corrected chi connectivity index (χ2v) is 8.58. The van der Waals surface area contributed by atoms with Crippen molar-refractivity contribution in [1.82, 2.24) is 9.13 Å². The fourth-order valence-electron chi connectivity index (χ4n) is 3.49. The molecule has 0 atom stereocenters. The number of methoxy groups -OCH3 is 2. The van der Waals surface area contributed by atoms with Crippen LogP contribution in [-0.4, -0.2) is 29.3 Å². The highest BCUT2D eigenvalue weighted by Crippen LogP contribution is 2.29. The Morgan fingerprint density at radius 1 is 1.06 bits per heavy atom. The molecule has 0 fully saturated rings. The number of halogens is 1. The predicted molar refractivity (Wildman–Crippen MR) is 129 cm³/mol. The van der Waals surface area contributed by atoms with E-state index in [9.17, 15) is 14.4 Å². The maximum Gasteiger partial charge on any atom is 0.332 e. The van der Waals surface area contributed by atoms with Crippen LogP contribution in [0.4, 0.5) is 5.69 Å². The Bertz CT molecular complexity index is 1440. The van der Waals surface area contributed by atoms with Crippen molar-refractivity contribution >= 4 is 45.4 Å². The van der Waals surface area contributed by atoms with Gasteiger partial charge in [-0.3, -0.25) is 18.7 Å². The standard InChI is InChI=1S/C23H20ClN3O5S/c1-31-15-6-8-20(32-2)18(11-15)25-21(28)13-26-19-10-14(24)5-7-17(19)22(29)27(23(26)30)12-16-4-3-9-33-16/h3-11H,12-13H2,1-2H3,(H,25,28). The molecule has 2 aromatic heterocycles. The van der Waals surface area contributed by atoms with Gasteiger partial charge in [-0.25, -0.2) is 4.79 Å². The Morgan fingerprint density at radius 3 is 2.58 bits per heavy atom. The molecule has 8 nitrogen and oxygen atoms in total. The number of benzene rings is 2. The van der Waals surface area contributed by atoms with Crippen molar-refractivity contribution in [2.24, 2.45) is 0 Å². The number of nitrogens with zero attached hydrogens (tertiary/aromatic N) is 2. The summed E-state index contributed by atoms with van der Waals surface area (Å²) >= 11 is 7.57. The number of thiophene rings is 1. The van der Waals surface area contributed by atoms with E-state index in [1.54, 1.807) is 30.3 Å². The lowest BCUT2D eigenvalue weighted by Crippen LogP contribution is -2.41. The van der Waals surface area contributed by atoms with E-state index in [4.69, 9.17) is 21.1 Å². The molecule has 0 aliphatic carbocycles. The maximum atomic E-state index is 13.3. The van der Waals surface area contributed by atoms with E-state index < -0.39 is 17.2 Å². The van der Waals surface area contributed by atoms with E-state index in [1.807, 2.05) is 17.5 Å². The molecule has 0 spiro atoms. The lowest BCUT2D eigenvalue weighted by Gasteiger charge is -2.15. The molecule has 0 radical (unpaired) electrons. The number of carbonyl (C=O) groups excluding carboxylic acids is 1. The molecule has 1 N–H and O–H groups in total. The van der Waals surface area contributed by atoms with E-state index in [-0.39, 0.29) is 18.6 Å². The lowest BCUT2D eigenvalue weighted by molar-refractivity contribution is -0.116. The lowest BCUT2D eigenvalue weighted by atomic mass is 10.2. The summed E-state index contributed by atoms with van der Waals surface area (Å²) in [6.07, 6.45) is 0. The Morgan fingerprint density at radius 2 is 1.88 bits per heavy atom. The van der Waals surface area contributed by atoms with E-state index in [0.29, 0.717) is 27.6 Å². The van der Waals surface area contributed by atoms with Crippen LogP contribution in [0.5, 0.6) is 11.5 Å². The van der Waals surface area contributed by atoms with E-state index in [0.717, 1.165) is 9.44 Å². The van der Waals surface area contributed by atoms with Gasteiger partial charge in [-0.15, -0.1) is 11.3 Å². The van der Waals surface area contributed by atoms with Gasteiger partial charge in [0, 0.05) is 16.0 Å². The van der Waals surface area contributed by atoms with Gasteiger partial charge in [-0.2, -0.15) is 0 Å². The first-order chi connectivity index (χ1) is 15.9. The number of rotatable bonds is 7. The summed E-state index contributed by atoms with van der Waals surface area (Å²) in [7, 11) is 3.00. The minimum Gasteiger partial charge on any atom is -0.497 e. The zero-order chi connectivity index (χ0) is 23.5. The van der Waals surface area contributed by atoms with Crippen LogP contribution in [0.2, 0.25) is 5.02 Å². The molecule has 0 saturated heterocycles. The van der Waals surface area contributed by atoms with Crippen LogP contribution >= 0.6 is 22.9 Å². The highest BCUT2D eigenvalue weighted by molar-refractivity contribution is 7.09. The van der Waals surface area contributed by atoms with Crippen LogP contribution in [0.25, 0.3) is 10.9 Å². The third kappa shape index (κ3) is 4.64. The van der Waals surface area contributed by atoms with Crippen molar-refractivity contribution in [3.05, 3.63) is 84.6 Å². The van der Waals surface area contributed by atoms with E-state index >= 15 is 0 Å². The smallest absolute Gasteiger partial charge is 0.332 e. The topological polar surface area (TPSA) is 91.6 Å². The second kappa shape index (κ2) is 9.51. The van der Waals surface area contributed by atoms with Crippen LogP contribution < -0.4 is 26.0 Å². The summed E-state index contributed by atoms with van der Waals surface area (Å²) in [5, 5.41) is 5.26. The number of fused-ring (bicyclic) bond motifs is 1. The highest BCUT2D eigenvalue weighted by Gasteiger charge is 2.17. The molecular formula is C23H20ClN3O5S. The summed E-state index contributed by atoms with van der Waals surface area (Å²) in [6, 6.07) is 13.3. The molecule has 170 valence electrons. The Labute approximate surface area is 197 Å². The van der Waals surface area contributed by atoms with Crippen LogP contribution in [0.3, 0.4) is 0 Å². The molecule has 4 aromatic rings. The second-order valence-electron chi connectivity index (χ2n) is 7.12. The van der Waals surface area contributed by atoms with Crippen molar-refractivity contribution in [1.29, 1.82) is 0 Å². The van der Waals surface area contributed by atoms with Crippen LogP contribution in [0, 0.1) is 0 Å². The van der Waals surface area contributed by atoms with Gasteiger partial charge in [-0.05, 0) is 41.8 Å². The molecule has 4 rings (SSSR count). The van der Waals surface area contributed by atoms with E-state index in [2.05, 4.69) is 5.32 Å². The summed E-state index contributed by atoms with van der Waals surface area (Å²) < 4.78 is 12.9. The molecule has 0 saturated carbocycles. The van der Waals surface area contributed by atoms with Gasteiger partial charge < -0.3 is 14.8 Å². The number of ether oxygens (including phenoxy) is 2. The van der Waals surface area contributed by atoms with Gasteiger partial charge in [0.25, 0.3) is 5.56 Å². The third-order valence-electron chi connectivity index (χ3n) is 5.06. The monoisotopic (exact) mass is 485 g/mol. The van der Waals surface area contributed by atoms with Gasteiger partial charge in [0.2, 0.25) is 5.91 Å². The summed E-state index contributed by atoms with van der Waals surface area (Å²) in [5.74, 6) is 0.489. The van der Waals surface area contributed by atoms with Crippen molar-refractivity contribution in [3.8, 4) is 11.5 Å². The number of hydrogen-bond acceptors (Lipinski definition) is 6. The fraction of sp³-hybridized carbons (Fsp3) is 0.174. The minimum absolute atomic E-state index is 0.110. The molecule has 0 unspecified atom stereocenters. The quantitative estimate of drug-likeness (QED) is 0.432. The molecule has 10 heteroatoms. The van der Waals surface area contributed by atoms with E-state index in [1.165, 1.54) is 36.2 Å². The van der Waals surface area contributed by atoms with Gasteiger partial charge >= 0.3 is 5.69 Å². The minimum atomic E-state index is -0.601. The maximum absolute atomic E-state index is 13.3.